The van der Waals surface area contributed by atoms with E-state index in [0.29, 0.717) is 0 Å². The number of aliphatic hydroxyl groups excluding tert-OH is 1. The standard InChI is InChI=1S/C7H12O6S/c1-4(7(9)10)13-6-3-14(11,12)2-5(6)8/h4-6,8H,2-3H2,1H3,(H,9,10)/t4-,5?,6?/m0/s1. The Hall–Kier alpha value is -0.660. The van der Waals surface area contributed by atoms with Gasteiger partial charge < -0.3 is 14.9 Å². The van der Waals surface area contributed by atoms with Crippen molar-refractivity contribution in [3.63, 3.8) is 0 Å². The second-order valence-electron chi connectivity index (χ2n) is 3.30. The molecular formula is C7H12O6S. The Morgan fingerprint density at radius 1 is 1.50 bits per heavy atom. The number of ether oxygens (including phenoxy) is 1. The molecule has 0 radical (unpaired) electrons. The summed E-state index contributed by atoms with van der Waals surface area (Å²) in [6, 6.07) is 0. The fourth-order valence-corrected chi connectivity index (χ4v) is 2.92. The molecule has 6 nitrogen and oxygen atoms in total. The maximum Gasteiger partial charge on any atom is 0.332 e. The molecule has 0 bridgehead atoms. The topological polar surface area (TPSA) is 101 Å². The van der Waals surface area contributed by atoms with Gasteiger partial charge in [-0.05, 0) is 6.92 Å². The molecule has 0 aromatic carbocycles. The summed E-state index contributed by atoms with van der Waals surface area (Å²) in [7, 11) is -3.28. The zero-order valence-electron chi connectivity index (χ0n) is 7.58. The number of carbonyl (C=O) groups is 1. The van der Waals surface area contributed by atoms with E-state index in [0.717, 1.165) is 0 Å². The molecule has 82 valence electrons. The monoisotopic (exact) mass is 224 g/mol. The lowest BCUT2D eigenvalue weighted by atomic mass is 10.2. The summed E-state index contributed by atoms with van der Waals surface area (Å²) in [5.41, 5.74) is 0. The molecule has 0 saturated carbocycles. The van der Waals surface area contributed by atoms with Crippen LogP contribution in [0.5, 0.6) is 0 Å². The lowest BCUT2D eigenvalue weighted by Gasteiger charge is -2.16. The Morgan fingerprint density at radius 3 is 2.43 bits per heavy atom. The van der Waals surface area contributed by atoms with Gasteiger partial charge in [0.15, 0.2) is 15.9 Å². The van der Waals surface area contributed by atoms with Crippen molar-refractivity contribution in [1.29, 1.82) is 0 Å². The molecule has 2 unspecified atom stereocenters. The van der Waals surface area contributed by atoms with Gasteiger partial charge in [0.05, 0.1) is 23.7 Å². The van der Waals surface area contributed by atoms with Crippen molar-refractivity contribution in [2.24, 2.45) is 0 Å². The van der Waals surface area contributed by atoms with Crippen LogP contribution in [0.1, 0.15) is 6.92 Å². The van der Waals surface area contributed by atoms with Gasteiger partial charge in [-0.1, -0.05) is 0 Å². The average molecular weight is 224 g/mol. The second-order valence-corrected chi connectivity index (χ2v) is 5.45. The minimum Gasteiger partial charge on any atom is -0.479 e. The second kappa shape index (κ2) is 3.84. The first-order chi connectivity index (χ1) is 6.32. The Kier molecular flexibility index (Phi) is 3.13. The van der Waals surface area contributed by atoms with E-state index in [1.807, 2.05) is 0 Å². The zero-order chi connectivity index (χ0) is 10.9. The average Bonchev–Trinajstić information content (AvgIpc) is 2.24. The highest BCUT2D eigenvalue weighted by atomic mass is 32.2. The van der Waals surface area contributed by atoms with Crippen LogP contribution in [-0.4, -0.2) is 54.4 Å². The van der Waals surface area contributed by atoms with Gasteiger partial charge in [-0.2, -0.15) is 0 Å². The fourth-order valence-electron chi connectivity index (χ4n) is 1.25. The number of carboxylic acids is 1. The molecule has 2 N–H and O–H groups in total. The highest BCUT2D eigenvalue weighted by Crippen LogP contribution is 2.17. The number of rotatable bonds is 3. The Balaban J connectivity index is 2.59. The molecular weight excluding hydrogens is 212 g/mol. The van der Waals surface area contributed by atoms with Crippen molar-refractivity contribution in [3.05, 3.63) is 0 Å². The molecule has 1 aliphatic rings. The van der Waals surface area contributed by atoms with Crippen LogP contribution in [0, 0.1) is 0 Å². The molecule has 3 atom stereocenters. The van der Waals surface area contributed by atoms with Crippen LogP contribution in [-0.2, 0) is 19.4 Å². The molecule has 1 rings (SSSR count). The van der Waals surface area contributed by atoms with Crippen LogP contribution < -0.4 is 0 Å². The van der Waals surface area contributed by atoms with E-state index in [9.17, 15) is 18.3 Å². The minimum atomic E-state index is -3.28. The number of sulfone groups is 1. The van der Waals surface area contributed by atoms with Crippen LogP contribution in [0.15, 0.2) is 0 Å². The third-order valence-electron chi connectivity index (χ3n) is 2.00. The predicted molar refractivity (Wildman–Crippen MR) is 46.6 cm³/mol. The van der Waals surface area contributed by atoms with Gasteiger partial charge >= 0.3 is 5.97 Å². The molecule has 0 aromatic heterocycles. The maximum absolute atomic E-state index is 11.0. The maximum atomic E-state index is 11.0. The van der Waals surface area contributed by atoms with Crippen LogP contribution in [0.25, 0.3) is 0 Å². The van der Waals surface area contributed by atoms with E-state index in [1.54, 1.807) is 0 Å². The highest BCUT2D eigenvalue weighted by Gasteiger charge is 2.38. The SMILES string of the molecule is C[C@H](OC1CS(=O)(=O)CC1O)C(=O)O. The minimum absolute atomic E-state index is 0.314. The normalized spacial score (nSPS) is 32.7. The lowest BCUT2D eigenvalue weighted by Crippen LogP contribution is -2.33. The van der Waals surface area contributed by atoms with Gasteiger partial charge in [-0.3, -0.25) is 0 Å². The van der Waals surface area contributed by atoms with Crippen molar-refractivity contribution >= 4 is 15.8 Å². The first kappa shape index (κ1) is 11.4. The summed E-state index contributed by atoms with van der Waals surface area (Å²) in [5, 5.41) is 17.8. The van der Waals surface area contributed by atoms with E-state index in [-0.39, 0.29) is 11.5 Å². The first-order valence-corrected chi connectivity index (χ1v) is 5.91. The highest BCUT2D eigenvalue weighted by molar-refractivity contribution is 7.91. The first-order valence-electron chi connectivity index (χ1n) is 4.08. The van der Waals surface area contributed by atoms with Crippen molar-refractivity contribution < 1.29 is 28.2 Å². The third-order valence-corrected chi connectivity index (χ3v) is 3.68. The summed E-state index contributed by atoms with van der Waals surface area (Å²) in [6.07, 6.45) is -3.16. The summed E-state index contributed by atoms with van der Waals surface area (Å²) in [6.45, 7) is 1.29. The Morgan fingerprint density at radius 2 is 2.07 bits per heavy atom. The van der Waals surface area contributed by atoms with Crippen LogP contribution in [0.2, 0.25) is 0 Å². The number of hydrogen-bond acceptors (Lipinski definition) is 5. The predicted octanol–water partition coefficient (Wildman–Crippen LogP) is -1.37. The van der Waals surface area contributed by atoms with E-state index < -0.39 is 34.1 Å². The van der Waals surface area contributed by atoms with Crippen molar-refractivity contribution in [2.75, 3.05) is 11.5 Å². The van der Waals surface area contributed by atoms with Crippen molar-refractivity contribution in [3.8, 4) is 0 Å². The van der Waals surface area contributed by atoms with Crippen molar-refractivity contribution in [2.45, 2.75) is 25.2 Å². The third kappa shape index (κ3) is 2.66. The van der Waals surface area contributed by atoms with E-state index in [2.05, 4.69) is 0 Å². The summed E-state index contributed by atoms with van der Waals surface area (Å²) >= 11 is 0. The molecule has 0 spiro atoms. The van der Waals surface area contributed by atoms with Gasteiger partial charge in [-0.25, -0.2) is 13.2 Å². The smallest absolute Gasteiger partial charge is 0.332 e. The van der Waals surface area contributed by atoms with E-state index in [4.69, 9.17) is 9.84 Å². The van der Waals surface area contributed by atoms with Crippen LogP contribution >= 0.6 is 0 Å². The number of hydrogen-bond donors (Lipinski definition) is 2. The lowest BCUT2D eigenvalue weighted by molar-refractivity contribution is -0.154. The van der Waals surface area contributed by atoms with Crippen LogP contribution in [0.4, 0.5) is 0 Å². The number of aliphatic hydroxyl groups is 1. The summed E-state index contributed by atoms with van der Waals surface area (Å²) < 4.78 is 26.9. The molecule has 14 heavy (non-hydrogen) atoms. The van der Waals surface area contributed by atoms with Gasteiger partial charge in [0.25, 0.3) is 0 Å². The molecule has 1 fully saturated rings. The summed E-state index contributed by atoms with van der Waals surface area (Å²) in [5.74, 6) is -1.85. The van der Waals surface area contributed by atoms with E-state index in [1.165, 1.54) is 6.92 Å². The fraction of sp³-hybridized carbons (Fsp3) is 0.857. The number of carboxylic acid groups (broad SMARTS) is 1. The van der Waals surface area contributed by atoms with Gasteiger partial charge in [0.2, 0.25) is 0 Å². The van der Waals surface area contributed by atoms with E-state index >= 15 is 0 Å². The molecule has 1 saturated heterocycles. The molecule has 0 aromatic rings. The molecule has 1 heterocycles. The zero-order valence-corrected chi connectivity index (χ0v) is 8.40. The molecule has 0 amide bonds. The van der Waals surface area contributed by atoms with Gasteiger partial charge in [-0.15, -0.1) is 0 Å². The Labute approximate surface area is 81.4 Å². The van der Waals surface area contributed by atoms with Gasteiger partial charge in [0.1, 0.15) is 0 Å². The Bertz CT molecular complexity index is 321. The quantitative estimate of drug-likeness (QED) is 0.613. The molecule has 1 aliphatic heterocycles. The molecule has 0 aliphatic carbocycles. The summed E-state index contributed by atoms with van der Waals surface area (Å²) in [4.78, 5) is 10.4. The van der Waals surface area contributed by atoms with Crippen LogP contribution in [0.3, 0.4) is 0 Å². The van der Waals surface area contributed by atoms with Gasteiger partial charge in [0, 0.05) is 0 Å². The number of aliphatic carboxylic acids is 1. The molecule has 7 heteroatoms. The largest absolute Gasteiger partial charge is 0.479 e. The van der Waals surface area contributed by atoms with Crippen molar-refractivity contribution in [1.82, 2.24) is 0 Å².